The van der Waals surface area contributed by atoms with Crippen molar-refractivity contribution >= 4 is 0 Å². The molecule has 2 aromatic rings. The summed E-state index contributed by atoms with van der Waals surface area (Å²) in [4.78, 5) is 4.58. The van der Waals surface area contributed by atoms with Gasteiger partial charge in [0.15, 0.2) is 0 Å². The van der Waals surface area contributed by atoms with Gasteiger partial charge in [-0.15, -0.1) is 0 Å². The maximum absolute atomic E-state index is 5.85. The highest BCUT2D eigenvalue weighted by Crippen LogP contribution is 2.28. The van der Waals surface area contributed by atoms with Gasteiger partial charge in [0, 0.05) is 24.1 Å². The summed E-state index contributed by atoms with van der Waals surface area (Å²) in [5.41, 5.74) is 7.68. The number of hydrogen-bond acceptors (Lipinski definition) is 4. The van der Waals surface area contributed by atoms with Crippen molar-refractivity contribution in [3.63, 3.8) is 0 Å². The van der Waals surface area contributed by atoms with Gasteiger partial charge in [-0.3, -0.25) is 0 Å². The van der Waals surface area contributed by atoms with Crippen molar-refractivity contribution in [2.75, 3.05) is 7.11 Å². The summed E-state index contributed by atoms with van der Waals surface area (Å²) >= 11 is 0. The Morgan fingerprint density at radius 2 is 1.81 bits per heavy atom. The van der Waals surface area contributed by atoms with Crippen molar-refractivity contribution in [3.05, 3.63) is 47.7 Å². The zero-order valence-corrected chi connectivity index (χ0v) is 13.0. The maximum Gasteiger partial charge on any atom is 0.219 e. The van der Waals surface area contributed by atoms with Crippen molar-refractivity contribution in [3.8, 4) is 17.4 Å². The SMILES string of the molecule is COc1cccc(Oc2cc(CN)cc(C(C)(C)C)n2)c1. The third-order valence-corrected chi connectivity index (χ3v) is 3.13. The van der Waals surface area contributed by atoms with Crippen LogP contribution >= 0.6 is 0 Å². The van der Waals surface area contributed by atoms with Crippen molar-refractivity contribution in [1.29, 1.82) is 0 Å². The Balaban J connectivity index is 2.34. The van der Waals surface area contributed by atoms with Gasteiger partial charge in [-0.2, -0.15) is 0 Å². The Labute approximate surface area is 125 Å². The topological polar surface area (TPSA) is 57.4 Å². The molecule has 0 aliphatic rings. The van der Waals surface area contributed by atoms with Gasteiger partial charge in [-0.1, -0.05) is 26.8 Å². The van der Waals surface area contributed by atoms with Gasteiger partial charge < -0.3 is 15.2 Å². The second-order valence-corrected chi connectivity index (χ2v) is 5.93. The molecule has 112 valence electrons. The van der Waals surface area contributed by atoms with E-state index in [1.165, 1.54) is 0 Å². The van der Waals surface area contributed by atoms with E-state index in [0.717, 1.165) is 17.0 Å². The van der Waals surface area contributed by atoms with Crippen LogP contribution in [-0.2, 0) is 12.0 Å². The number of nitrogens with zero attached hydrogens (tertiary/aromatic N) is 1. The fourth-order valence-corrected chi connectivity index (χ4v) is 1.90. The molecule has 0 saturated heterocycles. The number of aromatic nitrogens is 1. The predicted molar refractivity (Wildman–Crippen MR) is 83.9 cm³/mol. The monoisotopic (exact) mass is 286 g/mol. The molecule has 1 heterocycles. The standard InChI is InChI=1S/C17H22N2O2/c1-17(2,3)15-8-12(11-18)9-16(19-15)21-14-7-5-6-13(10-14)20-4/h5-10H,11,18H2,1-4H3. The van der Waals surface area contributed by atoms with Crippen LogP contribution in [0, 0.1) is 0 Å². The van der Waals surface area contributed by atoms with E-state index >= 15 is 0 Å². The van der Waals surface area contributed by atoms with Crippen molar-refractivity contribution in [1.82, 2.24) is 4.98 Å². The number of benzene rings is 1. The molecule has 0 fully saturated rings. The quantitative estimate of drug-likeness (QED) is 0.932. The summed E-state index contributed by atoms with van der Waals surface area (Å²) in [5, 5.41) is 0. The summed E-state index contributed by atoms with van der Waals surface area (Å²) in [6.45, 7) is 6.81. The maximum atomic E-state index is 5.85. The lowest BCUT2D eigenvalue weighted by atomic mass is 9.91. The number of rotatable bonds is 4. The summed E-state index contributed by atoms with van der Waals surface area (Å²) < 4.78 is 11.0. The zero-order chi connectivity index (χ0) is 15.5. The number of pyridine rings is 1. The van der Waals surface area contributed by atoms with Crippen molar-refractivity contribution < 1.29 is 9.47 Å². The molecule has 0 unspecified atom stereocenters. The fraction of sp³-hybridized carbons (Fsp3) is 0.353. The molecule has 2 N–H and O–H groups in total. The highest BCUT2D eigenvalue weighted by molar-refractivity contribution is 5.36. The first-order valence-corrected chi connectivity index (χ1v) is 6.96. The number of hydrogen-bond donors (Lipinski definition) is 1. The molecule has 21 heavy (non-hydrogen) atoms. The van der Waals surface area contributed by atoms with Gasteiger partial charge in [-0.25, -0.2) is 4.98 Å². The summed E-state index contributed by atoms with van der Waals surface area (Å²) in [5.74, 6) is 1.99. The van der Waals surface area contributed by atoms with E-state index in [9.17, 15) is 0 Å². The van der Waals surface area contributed by atoms with Gasteiger partial charge in [0.2, 0.25) is 5.88 Å². The third kappa shape index (κ3) is 3.95. The molecule has 0 aliphatic carbocycles. The van der Waals surface area contributed by atoms with E-state index in [4.69, 9.17) is 15.2 Å². The van der Waals surface area contributed by atoms with Gasteiger partial charge in [0.05, 0.1) is 12.8 Å². The fourth-order valence-electron chi connectivity index (χ4n) is 1.90. The van der Waals surface area contributed by atoms with E-state index < -0.39 is 0 Å². The second-order valence-electron chi connectivity index (χ2n) is 5.93. The Kier molecular flexibility index (Phi) is 4.48. The normalized spacial score (nSPS) is 11.3. The lowest BCUT2D eigenvalue weighted by molar-refractivity contribution is 0.406. The first-order chi connectivity index (χ1) is 9.92. The molecular formula is C17H22N2O2. The number of methoxy groups -OCH3 is 1. The minimum absolute atomic E-state index is 0.0579. The molecule has 0 atom stereocenters. The Morgan fingerprint density at radius 1 is 1.10 bits per heavy atom. The smallest absolute Gasteiger partial charge is 0.219 e. The van der Waals surface area contributed by atoms with E-state index in [2.05, 4.69) is 25.8 Å². The minimum atomic E-state index is -0.0579. The van der Waals surface area contributed by atoms with Crippen LogP contribution in [0.4, 0.5) is 0 Å². The average Bonchev–Trinajstić information content (AvgIpc) is 2.46. The molecule has 2 rings (SSSR count). The first kappa shape index (κ1) is 15.3. The minimum Gasteiger partial charge on any atom is -0.497 e. The molecule has 1 aromatic carbocycles. The van der Waals surface area contributed by atoms with Gasteiger partial charge in [0.1, 0.15) is 11.5 Å². The highest BCUT2D eigenvalue weighted by atomic mass is 16.5. The van der Waals surface area contributed by atoms with Crippen LogP contribution in [0.3, 0.4) is 0 Å². The van der Waals surface area contributed by atoms with E-state index in [1.54, 1.807) is 7.11 Å². The molecule has 4 heteroatoms. The average molecular weight is 286 g/mol. The third-order valence-electron chi connectivity index (χ3n) is 3.13. The van der Waals surface area contributed by atoms with Gasteiger partial charge in [0.25, 0.3) is 0 Å². The molecule has 0 amide bonds. The predicted octanol–water partition coefficient (Wildman–Crippen LogP) is 3.64. The summed E-state index contributed by atoms with van der Waals surface area (Å²) in [7, 11) is 1.63. The molecule has 0 bridgehead atoms. The van der Waals surface area contributed by atoms with Crippen LogP contribution < -0.4 is 15.2 Å². The zero-order valence-electron chi connectivity index (χ0n) is 13.0. The van der Waals surface area contributed by atoms with E-state index in [1.807, 2.05) is 36.4 Å². The van der Waals surface area contributed by atoms with Crippen LogP contribution in [0.15, 0.2) is 36.4 Å². The van der Waals surface area contributed by atoms with Crippen LogP contribution in [0.25, 0.3) is 0 Å². The highest BCUT2D eigenvalue weighted by Gasteiger charge is 2.17. The summed E-state index contributed by atoms with van der Waals surface area (Å²) in [6, 6.07) is 11.3. The molecule has 1 aromatic heterocycles. The molecule has 0 aliphatic heterocycles. The lowest BCUT2D eigenvalue weighted by Gasteiger charge is -2.19. The number of nitrogens with two attached hydrogens (primary N) is 1. The van der Waals surface area contributed by atoms with E-state index in [-0.39, 0.29) is 5.41 Å². The van der Waals surface area contributed by atoms with Gasteiger partial charge in [-0.05, 0) is 23.8 Å². The largest absolute Gasteiger partial charge is 0.497 e. The molecule has 0 saturated carbocycles. The summed E-state index contributed by atoms with van der Waals surface area (Å²) in [6.07, 6.45) is 0. The Morgan fingerprint density at radius 3 is 2.43 bits per heavy atom. The van der Waals surface area contributed by atoms with Crippen LogP contribution in [-0.4, -0.2) is 12.1 Å². The second kappa shape index (κ2) is 6.14. The Bertz CT molecular complexity index is 618. The van der Waals surface area contributed by atoms with Gasteiger partial charge >= 0.3 is 0 Å². The molecular weight excluding hydrogens is 264 g/mol. The number of ether oxygens (including phenoxy) is 2. The van der Waals surface area contributed by atoms with Crippen LogP contribution in [0.2, 0.25) is 0 Å². The molecule has 0 radical (unpaired) electrons. The van der Waals surface area contributed by atoms with Crippen LogP contribution in [0.5, 0.6) is 17.4 Å². The molecule has 4 nitrogen and oxygen atoms in total. The first-order valence-electron chi connectivity index (χ1n) is 6.96. The molecule has 0 spiro atoms. The van der Waals surface area contributed by atoms with Crippen molar-refractivity contribution in [2.45, 2.75) is 32.7 Å². The van der Waals surface area contributed by atoms with Crippen molar-refractivity contribution in [2.24, 2.45) is 5.73 Å². The van der Waals surface area contributed by atoms with E-state index in [0.29, 0.717) is 18.2 Å². The lowest BCUT2D eigenvalue weighted by Crippen LogP contribution is -2.15. The Hall–Kier alpha value is -2.07. The van der Waals surface area contributed by atoms with Crippen LogP contribution in [0.1, 0.15) is 32.0 Å².